The van der Waals surface area contributed by atoms with E-state index in [2.05, 4.69) is 104 Å². The van der Waals surface area contributed by atoms with Crippen LogP contribution in [0.5, 0.6) is 0 Å². The third-order valence-electron chi connectivity index (χ3n) is 8.34. The van der Waals surface area contributed by atoms with Crippen molar-refractivity contribution in [3.8, 4) is 34.4 Å². The standard InChI is InChI=1S/C28H52Si3/c1-11-21-28(22-25-29(12-2,13-3)14-4,23-26-30(15-5,16-6)17-7)24-27-31(18-8,19-9)20-10/h11-21H2,1-10H3. The van der Waals surface area contributed by atoms with Crippen molar-refractivity contribution in [2.75, 3.05) is 0 Å². The summed E-state index contributed by atoms with van der Waals surface area (Å²) in [7, 11) is -4.59. The molecule has 0 bridgehead atoms. The van der Waals surface area contributed by atoms with Crippen LogP contribution in [0.15, 0.2) is 0 Å². The Morgan fingerprint density at radius 2 is 0.645 bits per heavy atom. The SMILES string of the molecule is CCCC(C#C[Si](CC)(CC)CC)(C#C[Si](CC)(CC)CC)C#C[Si](CC)(CC)CC. The molecule has 0 aromatic rings. The molecular formula is C28H52Si3. The number of rotatable bonds is 11. The fraction of sp³-hybridized carbons (Fsp3) is 0.786. The van der Waals surface area contributed by atoms with Gasteiger partial charge in [0.15, 0.2) is 0 Å². The van der Waals surface area contributed by atoms with Crippen LogP contribution < -0.4 is 0 Å². The van der Waals surface area contributed by atoms with E-state index in [-0.39, 0.29) is 0 Å². The first kappa shape index (κ1) is 30.3. The van der Waals surface area contributed by atoms with Crippen LogP contribution in [-0.2, 0) is 0 Å². The minimum absolute atomic E-state index is 0.415. The van der Waals surface area contributed by atoms with Crippen molar-refractivity contribution >= 4 is 24.2 Å². The van der Waals surface area contributed by atoms with Gasteiger partial charge in [-0.3, -0.25) is 0 Å². The zero-order chi connectivity index (χ0) is 24.0. The molecule has 3 heteroatoms. The van der Waals surface area contributed by atoms with Gasteiger partial charge in [0.2, 0.25) is 0 Å². The van der Waals surface area contributed by atoms with Crippen molar-refractivity contribution in [1.29, 1.82) is 0 Å². The summed E-state index contributed by atoms with van der Waals surface area (Å²) in [5, 5.41) is 0. The van der Waals surface area contributed by atoms with Gasteiger partial charge in [0, 0.05) is 0 Å². The van der Waals surface area contributed by atoms with E-state index in [0.717, 1.165) is 12.8 Å². The smallest absolute Gasteiger partial charge is 0.129 e. The second kappa shape index (κ2) is 14.5. The molecule has 0 aromatic heterocycles. The summed E-state index contributed by atoms with van der Waals surface area (Å²) in [6.45, 7) is 23.4. The molecule has 0 aliphatic carbocycles. The van der Waals surface area contributed by atoms with Crippen LogP contribution in [0.4, 0.5) is 0 Å². The maximum absolute atomic E-state index is 3.90. The van der Waals surface area contributed by atoms with E-state index in [1.807, 2.05) is 0 Å². The third kappa shape index (κ3) is 8.32. The number of hydrogen-bond acceptors (Lipinski definition) is 0. The molecule has 0 fully saturated rings. The molecular weight excluding hydrogens is 421 g/mol. The summed E-state index contributed by atoms with van der Waals surface area (Å²) >= 11 is 0. The molecule has 0 spiro atoms. The van der Waals surface area contributed by atoms with Gasteiger partial charge in [-0.2, -0.15) is 0 Å². The summed E-state index contributed by atoms with van der Waals surface area (Å²) in [6.07, 6.45) is 2.08. The second-order valence-corrected chi connectivity index (χ2v) is 24.2. The van der Waals surface area contributed by atoms with E-state index >= 15 is 0 Å². The highest BCUT2D eigenvalue weighted by atomic mass is 28.3. The Labute approximate surface area is 200 Å². The first-order valence-corrected chi connectivity index (χ1v) is 21.2. The van der Waals surface area contributed by atoms with E-state index in [1.54, 1.807) is 0 Å². The molecule has 0 aliphatic rings. The minimum atomic E-state index is -1.53. The highest BCUT2D eigenvalue weighted by molar-refractivity contribution is 6.88. The first-order valence-electron chi connectivity index (χ1n) is 13.4. The Morgan fingerprint density at radius 3 is 0.806 bits per heavy atom. The van der Waals surface area contributed by atoms with Gasteiger partial charge in [0.1, 0.15) is 29.6 Å². The molecule has 0 amide bonds. The van der Waals surface area contributed by atoms with Crippen LogP contribution in [0, 0.1) is 39.8 Å². The highest BCUT2D eigenvalue weighted by Crippen LogP contribution is 2.28. The molecule has 0 aromatic carbocycles. The van der Waals surface area contributed by atoms with E-state index in [4.69, 9.17) is 0 Å². The van der Waals surface area contributed by atoms with Gasteiger partial charge in [-0.1, -0.05) is 93.4 Å². The monoisotopic (exact) mass is 472 g/mol. The molecule has 0 radical (unpaired) electrons. The van der Waals surface area contributed by atoms with Crippen molar-refractivity contribution in [3.05, 3.63) is 0 Å². The summed E-state index contributed by atoms with van der Waals surface area (Å²) < 4.78 is 0. The van der Waals surface area contributed by atoms with Crippen LogP contribution in [-0.4, -0.2) is 24.2 Å². The lowest BCUT2D eigenvalue weighted by Crippen LogP contribution is -2.33. The molecule has 0 N–H and O–H groups in total. The molecule has 0 aliphatic heterocycles. The first-order chi connectivity index (χ1) is 14.7. The third-order valence-corrected chi connectivity index (χ3v) is 22.5. The zero-order valence-corrected chi connectivity index (χ0v) is 25.8. The number of hydrogen-bond donors (Lipinski definition) is 0. The van der Waals surface area contributed by atoms with Crippen molar-refractivity contribution in [1.82, 2.24) is 0 Å². The average Bonchev–Trinajstić information content (AvgIpc) is 2.83. The lowest BCUT2D eigenvalue weighted by Gasteiger charge is -2.25. The fourth-order valence-corrected chi connectivity index (χ4v) is 11.9. The van der Waals surface area contributed by atoms with Crippen LogP contribution in [0.25, 0.3) is 0 Å². The van der Waals surface area contributed by atoms with Crippen LogP contribution in [0.2, 0.25) is 54.4 Å². The Hall–Kier alpha value is -0.669. The maximum atomic E-state index is 3.90. The Kier molecular flexibility index (Phi) is 14.2. The lowest BCUT2D eigenvalue weighted by atomic mass is 9.86. The molecule has 0 nitrogen and oxygen atoms in total. The molecule has 0 atom stereocenters. The van der Waals surface area contributed by atoms with Crippen LogP contribution >= 0.6 is 0 Å². The predicted octanol–water partition coefficient (Wildman–Crippen LogP) is 8.93. The van der Waals surface area contributed by atoms with Gasteiger partial charge >= 0.3 is 0 Å². The quantitative estimate of drug-likeness (QED) is 0.208. The van der Waals surface area contributed by atoms with Gasteiger partial charge in [0.25, 0.3) is 0 Å². The summed E-state index contributed by atoms with van der Waals surface area (Å²) in [4.78, 5) is 0. The van der Waals surface area contributed by atoms with Gasteiger partial charge in [0.05, 0.1) is 0 Å². The Morgan fingerprint density at radius 1 is 0.419 bits per heavy atom. The Balaban J connectivity index is 6.93. The normalized spacial score (nSPS) is 12.2. The van der Waals surface area contributed by atoms with Gasteiger partial charge < -0.3 is 0 Å². The summed E-state index contributed by atoms with van der Waals surface area (Å²) in [5.74, 6) is 11.5. The van der Waals surface area contributed by atoms with Crippen LogP contribution in [0.3, 0.4) is 0 Å². The molecule has 0 heterocycles. The van der Waals surface area contributed by atoms with E-state index in [9.17, 15) is 0 Å². The van der Waals surface area contributed by atoms with Gasteiger partial charge in [-0.25, -0.2) is 0 Å². The van der Waals surface area contributed by atoms with Crippen LogP contribution in [0.1, 0.15) is 82.1 Å². The molecule has 0 unspecified atom stereocenters. The van der Waals surface area contributed by atoms with Crippen molar-refractivity contribution in [2.45, 2.75) is 136 Å². The second-order valence-electron chi connectivity index (χ2n) is 9.43. The molecule has 0 saturated carbocycles. The topological polar surface area (TPSA) is 0 Å². The molecule has 0 saturated heterocycles. The summed E-state index contributed by atoms with van der Waals surface area (Å²) in [6, 6.07) is 11.2. The van der Waals surface area contributed by atoms with Crippen molar-refractivity contribution in [2.24, 2.45) is 5.41 Å². The molecule has 0 rings (SSSR count). The van der Waals surface area contributed by atoms with E-state index < -0.39 is 29.6 Å². The maximum Gasteiger partial charge on any atom is 0.150 e. The van der Waals surface area contributed by atoms with Gasteiger partial charge in [-0.05, 0) is 60.8 Å². The Bertz CT molecular complexity index is 572. The van der Waals surface area contributed by atoms with Crippen molar-refractivity contribution in [3.63, 3.8) is 0 Å². The van der Waals surface area contributed by atoms with E-state index in [1.165, 1.54) is 54.4 Å². The molecule has 176 valence electrons. The van der Waals surface area contributed by atoms with Crippen molar-refractivity contribution < 1.29 is 0 Å². The van der Waals surface area contributed by atoms with E-state index in [0.29, 0.717) is 0 Å². The fourth-order valence-electron chi connectivity index (χ4n) is 4.42. The van der Waals surface area contributed by atoms with Gasteiger partial charge in [-0.15, -0.1) is 16.6 Å². The zero-order valence-electron chi connectivity index (χ0n) is 22.8. The highest BCUT2D eigenvalue weighted by Gasteiger charge is 2.31. The predicted molar refractivity (Wildman–Crippen MR) is 152 cm³/mol. The summed E-state index contributed by atoms with van der Waals surface area (Å²) in [5.41, 5.74) is 11.3. The lowest BCUT2D eigenvalue weighted by molar-refractivity contribution is 0.616. The average molecular weight is 473 g/mol. The molecule has 31 heavy (non-hydrogen) atoms. The minimum Gasteiger partial charge on any atom is -0.129 e. The largest absolute Gasteiger partial charge is 0.150 e.